The fourth-order valence-electron chi connectivity index (χ4n) is 2.15. The number of nitrogens with one attached hydrogen (secondary N) is 1. The van der Waals surface area contributed by atoms with Crippen molar-refractivity contribution in [1.82, 2.24) is 10.2 Å². The van der Waals surface area contributed by atoms with Gasteiger partial charge in [0.25, 0.3) is 0 Å². The fourth-order valence-corrected chi connectivity index (χ4v) is 2.15. The van der Waals surface area contributed by atoms with Crippen molar-refractivity contribution >= 4 is 0 Å². The van der Waals surface area contributed by atoms with E-state index in [4.69, 9.17) is 4.42 Å². The van der Waals surface area contributed by atoms with Crippen LogP contribution in [-0.4, -0.2) is 29.2 Å². The Hall–Kier alpha value is -1.01. The van der Waals surface area contributed by atoms with Gasteiger partial charge in [-0.3, -0.25) is 4.90 Å². The molecule has 1 aromatic rings. The molecule has 1 aliphatic rings. The lowest BCUT2D eigenvalue weighted by atomic mass is 10.1. The van der Waals surface area contributed by atoms with Gasteiger partial charge in [0.2, 0.25) is 0 Å². The second kappa shape index (κ2) is 6.01. The van der Waals surface area contributed by atoms with Gasteiger partial charge >= 0.3 is 6.18 Å². The van der Waals surface area contributed by atoms with Crippen molar-refractivity contribution < 1.29 is 17.6 Å². The van der Waals surface area contributed by atoms with Crippen LogP contribution >= 0.6 is 0 Å². The number of hydrogen-bond donors (Lipinski definition) is 1. The zero-order chi connectivity index (χ0) is 15.7. The van der Waals surface area contributed by atoms with Gasteiger partial charge in [0.15, 0.2) is 0 Å². The smallest absolute Gasteiger partial charge is 0.401 e. The number of alkyl halides is 3. The predicted octanol–water partition coefficient (Wildman–Crippen LogP) is 3.69. The van der Waals surface area contributed by atoms with E-state index in [9.17, 15) is 13.2 Å². The number of nitrogens with zero attached hydrogens (tertiary/aromatic N) is 1. The second-order valence-corrected chi connectivity index (χ2v) is 6.78. The van der Waals surface area contributed by atoms with Crippen LogP contribution in [-0.2, 0) is 13.1 Å². The van der Waals surface area contributed by atoms with Gasteiger partial charge < -0.3 is 9.73 Å². The largest absolute Gasteiger partial charge is 0.468 e. The Morgan fingerprint density at radius 2 is 1.95 bits per heavy atom. The Balaban J connectivity index is 1.91. The summed E-state index contributed by atoms with van der Waals surface area (Å²) in [6, 6.07) is 1.89. The van der Waals surface area contributed by atoms with Gasteiger partial charge in [-0.2, -0.15) is 13.2 Å². The van der Waals surface area contributed by atoms with Crippen LogP contribution in [0.25, 0.3) is 0 Å². The number of hydrogen-bond acceptors (Lipinski definition) is 3. The number of furan rings is 1. The zero-order valence-electron chi connectivity index (χ0n) is 12.8. The van der Waals surface area contributed by atoms with Gasteiger partial charge in [0, 0.05) is 23.7 Å². The van der Waals surface area contributed by atoms with Gasteiger partial charge in [0.05, 0.1) is 19.4 Å². The van der Waals surface area contributed by atoms with E-state index in [0.717, 1.165) is 18.4 Å². The summed E-state index contributed by atoms with van der Waals surface area (Å²) in [7, 11) is 0. The standard InChI is InChI=1S/C15H23F3N2O/c1-14(2,3)19-7-11-6-13(21-9-11)8-20(12-4-5-12)10-15(16,17)18/h6,9,12,19H,4-5,7-8,10H2,1-3H3. The molecule has 0 bridgehead atoms. The third kappa shape index (κ3) is 6.09. The SMILES string of the molecule is CC(C)(C)NCc1coc(CN(CC(F)(F)F)C2CC2)c1. The van der Waals surface area contributed by atoms with Crippen molar-refractivity contribution in [1.29, 1.82) is 0 Å². The Labute approximate surface area is 123 Å². The molecule has 21 heavy (non-hydrogen) atoms. The van der Waals surface area contributed by atoms with Crippen LogP contribution in [0.4, 0.5) is 13.2 Å². The lowest BCUT2D eigenvalue weighted by molar-refractivity contribution is -0.148. The molecular formula is C15H23F3N2O. The summed E-state index contributed by atoms with van der Waals surface area (Å²) in [6.07, 6.45) is -0.858. The van der Waals surface area contributed by atoms with E-state index < -0.39 is 12.7 Å². The van der Waals surface area contributed by atoms with Gasteiger partial charge in [-0.05, 0) is 39.7 Å². The van der Waals surface area contributed by atoms with Crippen LogP contribution < -0.4 is 5.32 Å². The maximum atomic E-state index is 12.6. The molecule has 0 amide bonds. The van der Waals surface area contributed by atoms with Crippen LogP contribution in [0, 0.1) is 0 Å². The normalized spacial score (nSPS) is 16.7. The van der Waals surface area contributed by atoms with E-state index in [1.807, 2.05) is 6.07 Å². The summed E-state index contributed by atoms with van der Waals surface area (Å²) in [5, 5.41) is 3.32. The lowest BCUT2D eigenvalue weighted by Gasteiger charge is -2.22. The molecule has 0 saturated heterocycles. The van der Waals surface area contributed by atoms with Crippen molar-refractivity contribution in [3.8, 4) is 0 Å². The lowest BCUT2D eigenvalue weighted by Crippen LogP contribution is -2.35. The summed E-state index contributed by atoms with van der Waals surface area (Å²) >= 11 is 0. The first kappa shape index (κ1) is 16.4. The summed E-state index contributed by atoms with van der Waals surface area (Å²) < 4.78 is 43.1. The minimum absolute atomic E-state index is 0.00618. The summed E-state index contributed by atoms with van der Waals surface area (Å²) in [5.74, 6) is 0.594. The molecule has 0 aromatic carbocycles. The highest BCUT2D eigenvalue weighted by Crippen LogP contribution is 2.31. The van der Waals surface area contributed by atoms with Crippen LogP contribution in [0.15, 0.2) is 16.7 Å². The third-order valence-corrected chi connectivity index (χ3v) is 3.34. The molecule has 1 heterocycles. The molecule has 0 spiro atoms. The fraction of sp³-hybridized carbons (Fsp3) is 0.733. The van der Waals surface area contributed by atoms with Crippen LogP contribution in [0.1, 0.15) is 44.9 Å². The van der Waals surface area contributed by atoms with E-state index in [0.29, 0.717) is 12.3 Å². The molecule has 3 nitrogen and oxygen atoms in total. The van der Waals surface area contributed by atoms with E-state index in [2.05, 4.69) is 26.1 Å². The van der Waals surface area contributed by atoms with Crippen LogP contribution in [0.3, 0.4) is 0 Å². The van der Waals surface area contributed by atoms with Gasteiger partial charge in [-0.1, -0.05) is 0 Å². The molecule has 120 valence electrons. The highest BCUT2D eigenvalue weighted by molar-refractivity contribution is 5.13. The maximum Gasteiger partial charge on any atom is 0.401 e. The average Bonchev–Trinajstić information content (AvgIpc) is 3.05. The number of halogens is 3. The first-order valence-corrected chi connectivity index (χ1v) is 7.24. The first-order valence-electron chi connectivity index (χ1n) is 7.24. The van der Waals surface area contributed by atoms with E-state index in [-0.39, 0.29) is 18.1 Å². The molecule has 0 unspecified atom stereocenters. The first-order chi connectivity index (χ1) is 9.62. The molecular weight excluding hydrogens is 281 g/mol. The molecule has 1 aliphatic carbocycles. The molecule has 0 atom stereocenters. The number of rotatable bonds is 6. The minimum atomic E-state index is -4.16. The molecule has 0 radical (unpaired) electrons. The molecule has 2 rings (SSSR count). The maximum absolute atomic E-state index is 12.6. The van der Waals surface area contributed by atoms with Crippen LogP contribution in [0.5, 0.6) is 0 Å². The molecule has 1 saturated carbocycles. The third-order valence-electron chi connectivity index (χ3n) is 3.34. The monoisotopic (exact) mass is 304 g/mol. The Morgan fingerprint density at radius 1 is 1.29 bits per heavy atom. The van der Waals surface area contributed by atoms with E-state index in [1.165, 1.54) is 4.90 Å². The quantitative estimate of drug-likeness (QED) is 0.869. The van der Waals surface area contributed by atoms with E-state index in [1.54, 1.807) is 6.26 Å². The Morgan fingerprint density at radius 3 is 2.48 bits per heavy atom. The average molecular weight is 304 g/mol. The topological polar surface area (TPSA) is 28.4 Å². The highest BCUT2D eigenvalue weighted by Gasteiger charge is 2.38. The van der Waals surface area contributed by atoms with Crippen molar-refractivity contribution in [2.24, 2.45) is 0 Å². The summed E-state index contributed by atoms with van der Waals surface area (Å²) in [4.78, 5) is 1.46. The van der Waals surface area contributed by atoms with Gasteiger partial charge in [-0.25, -0.2) is 0 Å². The van der Waals surface area contributed by atoms with Crippen molar-refractivity contribution in [2.45, 2.75) is 64.5 Å². The Bertz CT molecular complexity index is 458. The molecule has 0 aliphatic heterocycles. The molecule has 6 heteroatoms. The zero-order valence-corrected chi connectivity index (χ0v) is 12.8. The highest BCUT2D eigenvalue weighted by atomic mass is 19.4. The molecule has 1 fully saturated rings. The van der Waals surface area contributed by atoms with Crippen molar-refractivity contribution in [3.05, 3.63) is 23.7 Å². The van der Waals surface area contributed by atoms with Gasteiger partial charge in [-0.15, -0.1) is 0 Å². The molecule has 1 N–H and O–H groups in total. The van der Waals surface area contributed by atoms with E-state index >= 15 is 0 Å². The second-order valence-electron chi connectivity index (χ2n) is 6.78. The minimum Gasteiger partial charge on any atom is -0.468 e. The van der Waals surface area contributed by atoms with Crippen LogP contribution in [0.2, 0.25) is 0 Å². The van der Waals surface area contributed by atoms with Gasteiger partial charge in [0.1, 0.15) is 5.76 Å². The Kier molecular flexibility index (Phi) is 4.68. The predicted molar refractivity (Wildman–Crippen MR) is 74.8 cm³/mol. The van der Waals surface area contributed by atoms with Crippen molar-refractivity contribution in [3.63, 3.8) is 0 Å². The summed E-state index contributed by atoms with van der Waals surface area (Å²) in [5.41, 5.74) is 0.955. The summed E-state index contributed by atoms with van der Waals surface area (Å²) in [6.45, 7) is 6.19. The molecule has 1 aromatic heterocycles. The van der Waals surface area contributed by atoms with Crippen molar-refractivity contribution in [2.75, 3.05) is 6.54 Å².